The van der Waals surface area contributed by atoms with Crippen LogP contribution in [0.3, 0.4) is 0 Å². The Kier molecular flexibility index (Phi) is 1.62. The van der Waals surface area contributed by atoms with E-state index in [1.807, 2.05) is 4.98 Å². The Hall–Kier alpha value is -1.37. The van der Waals surface area contributed by atoms with Crippen LogP contribution in [0.4, 0.5) is 4.39 Å². The fraction of sp³-hybridized carbons (Fsp3) is 0. The summed E-state index contributed by atoms with van der Waals surface area (Å²) in [6.45, 7) is 0. The van der Waals surface area contributed by atoms with E-state index in [1.54, 1.807) is 0 Å². The van der Waals surface area contributed by atoms with Gasteiger partial charge in [0.1, 0.15) is 5.52 Å². The number of hydrogen-bond donors (Lipinski definition) is 2. The summed E-state index contributed by atoms with van der Waals surface area (Å²) in [5.41, 5.74) is -1.28. The third-order valence-corrected chi connectivity index (χ3v) is 2.32. The topological polar surface area (TPSA) is 70.1 Å². The molecule has 2 N–H and O–H groups in total. The molecule has 5 nitrogen and oxygen atoms in total. The average molecular weight is 248 g/mol. The molecule has 0 amide bonds. The summed E-state index contributed by atoms with van der Waals surface area (Å²) < 4.78 is 14.0. The number of aromatic nitrogens is 3. The number of aromatic amines is 2. The van der Waals surface area contributed by atoms with Crippen molar-refractivity contribution in [3.8, 4) is 0 Å². The van der Waals surface area contributed by atoms with Crippen LogP contribution < -0.4 is 11.2 Å². The van der Waals surface area contributed by atoms with E-state index < -0.39 is 17.1 Å². The van der Waals surface area contributed by atoms with Gasteiger partial charge >= 0.3 is 5.69 Å². The molecule has 13 heavy (non-hydrogen) atoms. The molecule has 0 spiro atoms. The van der Waals surface area contributed by atoms with Gasteiger partial charge in [0.2, 0.25) is 0 Å². The van der Waals surface area contributed by atoms with Gasteiger partial charge in [-0.05, 0) is 15.9 Å². The number of fused-ring (bicyclic) bond motifs is 1. The van der Waals surface area contributed by atoms with Crippen LogP contribution >= 0.6 is 15.9 Å². The number of hydrogen-bond acceptors (Lipinski definition) is 2. The minimum atomic E-state index is -0.681. The minimum Gasteiger partial charge on any atom is -0.271 e. The number of nitrogens with zero attached hydrogens (tertiary/aromatic N) is 1. The smallest absolute Gasteiger partial charge is 0.271 e. The van der Waals surface area contributed by atoms with Gasteiger partial charge in [-0.1, -0.05) is 0 Å². The maximum atomic E-state index is 12.9. The summed E-state index contributed by atoms with van der Waals surface area (Å²) in [5.74, 6) is -0.604. The van der Waals surface area contributed by atoms with Crippen molar-refractivity contribution in [2.75, 3.05) is 0 Å². The van der Waals surface area contributed by atoms with E-state index in [0.717, 1.165) is 10.7 Å². The minimum absolute atomic E-state index is 0.0324. The van der Waals surface area contributed by atoms with E-state index in [2.05, 4.69) is 21.0 Å². The van der Waals surface area contributed by atoms with Gasteiger partial charge in [-0.25, -0.2) is 18.8 Å². The number of nitrogens with one attached hydrogen (secondary N) is 2. The Balaban J connectivity index is 3.12. The molecule has 0 bridgehead atoms. The highest BCUT2D eigenvalue weighted by Gasteiger charge is 2.11. The van der Waals surface area contributed by atoms with Crippen molar-refractivity contribution in [3.05, 3.63) is 37.3 Å². The molecule has 0 saturated carbocycles. The third-order valence-electron chi connectivity index (χ3n) is 1.57. The second-order valence-electron chi connectivity index (χ2n) is 2.40. The molecule has 0 aliphatic rings. The van der Waals surface area contributed by atoms with Crippen molar-refractivity contribution in [2.24, 2.45) is 0 Å². The fourth-order valence-corrected chi connectivity index (χ4v) is 1.52. The molecule has 0 unspecified atom stereocenters. The lowest BCUT2D eigenvalue weighted by Crippen LogP contribution is -2.25. The quantitative estimate of drug-likeness (QED) is 0.699. The van der Waals surface area contributed by atoms with E-state index in [0.29, 0.717) is 0 Å². The summed E-state index contributed by atoms with van der Waals surface area (Å²) >= 11 is 2.89. The Bertz CT molecular complexity index is 582. The molecule has 0 atom stereocenters. The van der Waals surface area contributed by atoms with Crippen molar-refractivity contribution < 1.29 is 4.39 Å². The standard InChI is InChI=1S/C6H3BrFN3O2/c7-3-2(8)1-11-4(3)5(12)9-6(13)10-11/h1H,(H2,9,10,12,13). The molecule has 7 heteroatoms. The van der Waals surface area contributed by atoms with E-state index in [1.165, 1.54) is 0 Å². The summed E-state index contributed by atoms with van der Waals surface area (Å²) in [7, 11) is 0. The lowest BCUT2D eigenvalue weighted by molar-refractivity contribution is 0.620. The van der Waals surface area contributed by atoms with E-state index in [9.17, 15) is 14.0 Å². The summed E-state index contributed by atoms with van der Waals surface area (Å²) in [4.78, 5) is 23.9. The number of rotatable bonds is 0. The maximum absolute atomic E-state index is 12.9. The Morgan fingerprint density at radius 2 is 2.15 bits per heavy atom. The van der Waals surface area contributed by atoms with Gasteiger partial charge in [0.05, 0.1) is 10.7 Å². The first-order valence-electron chi connectivity index (χ1n) is 3.28. The predicted octanol–water partition coefficient (Wildman–Crippen LogP) is 0.218. The Morgan fingerprint density at radius 3 is 2.85 bits per heavy atom. The van der Waals surface area contributed by atoms with Gasteiger partial charge < -0.3 is 0 Å². The molecule has 0 fully saturated rings. The molecular formula is C6H3BrFN3O2. The summed E-state index contributed by atoms with van der Waals surface area (Å²) in [6.07, 6.45) is 1.01. The van der Waals surface area contributed by atoms with Gasteiger partial charge in [0.25, 0.3) is 5.56 Å². The first kappa shape index (κ1) is 8.24. The molecule has 2 rings (SSSR count). The first-order valence-corrected chi connectivity index (χ1v) is 4.07. The normalized spacial score (nSPS) is 10.9. The number of H-pyrrole nitrogens is 2. The maximum Gasteiger partial charge on any atom is 0.340 e. The van der Waals surface area contributed by atoms with Crippen molar-refractivity contribution in [3.63, 3.8) is 0 Å². The zero-order valence-corrected chi connectivity index (χ0v) is 7.68. The third kappa shape index (κ3) is 1.12. The second kappa shape index (κ2) is 2.56. The molecule has 0 aliphatic heterocycles. The fourth-order valence-electron chi connectivity index (χ4n) is 1.05. The van der Waals surface area contributed by atoms with E-state index >= 15 is 0 Å². The molecule has 2 aromatic heterocycles. The zero-order valence-electron chi connectivity index (χ0n) is 6.10. The molecule has 2 heterocycles. The van der Waals surface area contributed by atoms with Crippen LogP contribution in [0.15, 0.2) is 20.3 Å². The van der Waals surface area contributed by atoms with Gasteiger partial charge in [-0.2, -0.15) is 0 Å². The van der Waals surface area contributed by atoms with Crippen LogP contribution in [0.25, 0.3) is 5.52 Å². The molecule has 0 saturated heterocycles. The van der Waals surface area contributed by atoms with Gasteiger partial charge in [0, 0.05) is 0 Å². The zero-order chi connectivity index (χ0) is 9.59. The highest BCUT2D eigenvalue weighted by atomic mass is 79.9. The SMILES string of the molecule is O=c1[nH]c(=O)c2c(Br)c(F)cn2[nH]1. The van der Waals surface area contributed by atoms with Crippen molar-refractivity contribution in [2.45, 2.75) is 0 Å². The molecular weight excluding hydrogens is 245 g/mol. The highest BCUT2D eigenvalue weighted by molar-refractivity contribution is 9.10. The van der Waals surface area contributed by atoms with E-state index in [-0.39, 0.29) is 9.99 Å². The lowest BCUT2D eigenvalue weighted by Gasteiger charge is -1.90. The number of halogens is 2. The van der Waals surface area contributed by atoms with Crippen LogP contribution in [0.5, 0.6) is 0 Å². The Morgan fingerprint density at radius 1 is 1.46 bits per heavy atom. The lowest BCUT2D eigenvalue weighted by atomic mass is 10.5. The van der Waals surface area contributed by atoms with Crippen LogP contribution in [0.2, 0.25) is 0 Å². The average Bonchev–Trinajstić information content (AvgIpc) is 2.27. The summed E-state index contributed by atoms with van der Waals surface area (Å²) in [5, 5.41) is 2.23. The highest BCUT2D eigenvalue weighted by Crippen LogP contribution is 2.18. The van der Waals surface area contributed by atoms with E-state index in [4.69, 9.17) is 0 Å². The van der Waals surface area contributed by atoms with Crippen LogP contribution in [-0.2, 0) is 0 Å². The van der Waals surface area contributed by atoms with Crippen LogP contribution in [0.1, 0.15) is 0 Å². The molecule has 0 aliphatic carbocycles. The predicted molar refractivity (Wildman–Crippen MR) is 46.3 cm³/mol. The summed E-state index contributed by atoms with van der Waals surface area (Å²) in [6, 6.07) is 0. The van der Waals surface area contributed by atoms with Gasteiger partial charge in [-0.15, -0.1) is 0 Å². The first-order chi connectivity index (χ1) is 6.09. The van der Waals surface area contributed by atoms with Crippen molar-refractivity contribution in [1.82, 2.24) is 14.6 Å². The van der Waals surface area contributed by atoms with Crippen molar-refractivity contribution in [1.29, 1.82) is 0 Å². The van der Waals surface area contributed by atoms with Gasteiger partial charge in [0.15, 0.2) is 5.82 Å². The Labute approximate surface area is 78.3 Å². The molecule has 68 valence electrons. The van der Waals surface area contributed by atoms with Gasteiger partial charge in [-0.3, -0.25) is 9.78 Å². The largest absolute Gasteiger partial charge is 0.340 e. The molecule has 2 aromatic rings. The second-order valence-corrected chi connectivity index (χ2v) is 3.20. The molecule has 0 aromatic carbocycles. The molecule has 0 radical (unpaired) electrons. The van der Waals surface area contributed by atoms with Crippen molar-refractivity contribution >= 4 is 21.4 Å². The van der Waals surface area contributed by atoms with Crippen LogP contribution in [-0.4, -0.2) is 14.6 Å². The monoisotopic (exact) mass is 247 g/mol. The van der Waals surface area contributed by atoms with Crippen LogP contribution in [0, 0.1) is 5.82 Å².